The average Bonchev–Trinajstić information content (AvgIpc) is 3.00. The van der Waals surface area contributed by atoms with Gasteiger partial charge >= 0.3 is 0 Å². The quantitative estimate of drug-likeness (QED) is 0.745. The van der Waals surface area contributed by atoms with Crippen LogP contribution in [-0.4, -0.2) is 52.8 Å². The van der Waals surface area contributed by atoms with Crippen LogP contribution in [0.4, 0.5) is 4.39 Å². The van der Waals surface area contributed by atoms with Crippen molar-refractivity contribution in [1.29, 1.82) is 0 Å². The molecule has 1 aliphatic heterocycles. The van der Waals surface area contributed by atoms with E-state index < -0.39 is 5.82 Å². The van der Waals surface area contributed by atoms with Crippen molar-refractivity contribution in [2.45, 2.75) is 27.2 Å². The molecular formula is C20H23ClFN3O2S. The van der Waals surface area contributed by atoms with E-state index in [0.717, 1.165) is 23.2 Å². The number of piperazine rings is 1. The lowest BCUT2D eigenvalue weighted by Gasteiger charge is -2.34. The third-order valence-electron chi connectivity index (χ3n) is 4.63. The smallest absolute Gasteiger partial charge is 0.265 e. The van der Waals surface area contributed by atoms with Gasteiger partial charge in [-0.3, -0.25) is 9.59 Å². The highest BCUT2D eigenvalue weighted by Crippen LogP contribution is 2.24. The number of halogens is 2. The standard InChI is InChI=1S/C20H23ClFN3O2S/c1-12(2)10-17-23-13(3)18(28-17)20(27)25-8-6-24(7-9-25)19(26)15-5-4-14(22)11-16(15)21/h4-5,11-12H,6-10H2,1-3H3. The van der Waals surface area contributed by atoms with E-state index in [9.17, 15) is 14.0 Å². The largest absolute Gasteiger partial charge is 0.335 e. The van der Waals surface area contributed by atoms with Gasteiger partial charge in [-0.1, -0.05) is 25.4 Å². The summed E-state index contributed by atoms with van der Waals surface area (Å²) in [5, 5.41) is 1.08. The van der Waals surface area contributed by atoms with Crippen molar-refractivity contribution in [3.8, 4) is 0 Å². The Morgan fingerprint density at radius 1 is 1.18 bits per heavy atom. The molecular weight excluding hydrogens is 401 g/mol. The highest BCUT2D eigenvalue weighted by molar-refractivity contribution is 7.13. The van der Waals surface area contributed by atoms with Crippen molar-refractivity contribution < 1.29 is 14.0 Å². The minimum atomic E-state index is -0.478. The maximum atomic E-state index is 13.2. The molecule has 0 aliphatic carbocycles. The van der Waals surface area contributed by atoms with Crippen molar-refractivity contribution in [2.24, 2.45) is 5.92 Å². The molecule has 0 spiro atoms. The number of aryl methyl sites for hydroxylation is 1. The van der Waals surface area contributed by atoms with E-state index in [1.807, 2.05) is 6.92 Å². The Morgan fingerprint density at radius 2 is 1.79 bits per heavy atom. The first-order valence-corrected chi connectivity index (χ1v) is 10.5. The van der Waals surface area contributed by atoms with Crippen LogP contribution in [0.2, 0.25) is 5.02 Å². The van der Waals surface area contributed by atoms with E-state index in [1.54, 1.807) is 9.80 Å². The van der Waals surface area contributed by atoms with E-state index in [1.165, 1.54) is 23.5 Å². The molecule has 1 saturated heterocycles. The summed E-state index contributed by atoms with van der Waals surface area (Å²) in [6.45, 7) is 7.83. The van der Waals surface area contributed by atoms with Crippen LogP contribution in [0, 0.1) is 18.7 Å². The van der Waals surface area contributed by atoms with Crippen molar-refractivity contribution in [3.05, 3.63) is 50.2 Å². The van der Waals surface area contributed by atoms with Crippen molar-refractivity contribution >= 4 is 34.8 Å². The van der Waals surface area contributed by atoms with Crippen molar-refractivity contribution in [2.75, 3.05) is 26.2 Å². The monoisotopic (exact) mass is 423 g/mol. The molecule has 0 N–H and O–H groups in total. The summed E-state index contributed by atoms with van der Waals surface area (Å²) in [5.74, 6) is -0.266. The SMILES string of the molecule is Cc1nc(CC(C)C)sc1C(=O)N1CCN(C(=O)c2ccc(F)cc2Cl)CC1. The number of amides is 2. The number of carbonyl (C=O) groups excluding carboxylic acids is 2. The summed E-state index contributed by atoms with van der Waals surface area (Å²) >= 11 is 7.46. The number of hydrogen-bond acceptors (Lipinski definition) is 4. The van der Waals surface area contributed by atoms with Gasteiger partial charge in [0.15, 0.2) is 0 Å². The van der Waals surface area contributed by atoms with Crippen LogP contribution in [0.1, 0.15) is 44.6 Å². The molecule has 2 aromatic rings. The van der Waals surface area contributed by atoms with Gasteiger partial charge in [-0.2, -0.15) is 0 Å². The van der Waals surface area contributed by atoms with Crippen molar-refractivity contribution in [3.63, 3.8) is 0 Å². The number of hydrogen-bond donors (Lipinski definition) is 0. The van der Waals surface area contributed by atoms with Gasteiger partial charge in [0.2, 0.25) is 0 Å². The Labute approximate surface area is 173 Å². The fourth-order valence-electron chi connectivity index (χ4n) is 3.18. The average molecular weight is 424 g/mol. The van der Waals surface area contributed by atoms with E-state index in [4.69, 9.17) is 11.6 Å². The zero-order valence-corrected chi connectivity index (χ0v) is 17.7. The predicted molar refractivity (Wildman–Crippen MR) is 109 cm³/mol. The summed E-state index contributed by atoms with van der Waals surface area (Å²) in [6, 6.07) is 3.75. The molecule has 3 rings (SSSR count). The first-order valence-electron chi connectivity index (χ1n) is 9.26. The molecule has 1 aromatic carbocycles. The van der Waals surface area contributed by atoms with Crippen LogP contribution in [0.3, 0.4) is 0 Å². The second kappa shape index (κ2) is 8.57. The fourth-order valence-corrected chi connectivity index (χ4v) is 4.67. The summed E-state index contributed by atoms with van der Waals surface area (Å²) < 4.78 is 13.2. The van der Waals surface area contributed by atoms with E-state index >= 15 is 0 Å². The number of aromatic nitrogens is 1. The number of rotatable bonds is 4. The molecule has 0 radical (unpaired) electrons. The van der Waals surface area contributed by atoms with Gasteiger partial charge in [0.25, 0.3) is 11.8 Å². The molecule has 0 atom stereocenters. The zero-order chi connectivity index (χ0) is 20.4. The van der Waals surface area contributed by atoms with Crippen LogP contribution in [0.5, 0.6) is 0 Å². The van der Waals surface area contributed by atoms with Crippen LogP contribution < -0.4 is 0 Å². The number of carbonyl (C=O) groups is 2. The molecule has 0 saturated carbocycles. The second-order valence-corrected chi connectivity index (χ2v) is 8.82. The highest BCUT2D eigenvalue weighted by Gasteiger charge is 2.28. The van der Waals surface area contributed by atoms with E-state index in [2.05, 4.69) is 18.8 Å². The zero-order valence-electron chi connectivity index (χ0n) is 16.2. The Hall–Kier alpha value is -1.99. The maximum absolute atomic E-state index is 13.2. The molecule has 1 aliphatic rings. The Kier molecular flexibility index (Phi) is 6.35. The molecule has 0 bridgehead atoms. The Morgan fingerprint density at radius 3 is 2.36 bits per heavy atom. The topological polar surface area (TPSA) is 53.5 Å². The molecule has 5 nitrogen and oxygen atoms in total. The molecule has 1 aromatic heterocycles. The van der Waals surface area contributed by atoms with Gasteiger partial charge in [0.05, 0.1) is 21.3 Å². The van der Waals surface area contributed by atoms with E-state index in [0.29, 0.717) is 37.0 Å². The van der Waals surface area contributed by atoms with Gasteiger partial charge in [-0.25, -0.2) is 9.37 Å². The second-order valence-electron chi connectivity index (χ2n) is 7.33. The predicted octanol–water partition coefficient (Wildman–Crippen LogP) is 4.04. The van der Waals surface area contributed by atoms with Gasteiger partial charge in [0.1, 0.15) is 10.7 Å². The van der Waals surface area contributed by atoms with Gasteiger partial charge < -0.3 is 9.80 Å². The third kappa shape index (κ3) is 4.52. The molecule has 150 valence electrons. The van der Waals surface area contributed by atoms with Crippen LogP contribution in [0.25, 0.3) is 0 Å². The third-order valence-corrected chi connectivity index (χ3v) is 6.11. The van der Waals surface area contributed by atoms with Crippen molar-refractivity contribution in [1.82, 2.24) is 14.8 Å². The lowest BCUT2D eigenvalue weighted by Crippen LogP contribution is -2.50. The first-order chi connectivity index (χ1) is 13.3. The summed E-state index contributed by atoms with van der Waals surface area (Å²) in [4.78, 5) is 34.1. The minimum Gasteiger partial charge on any atom is -0.335 e. The Balaban J connectivity index is 1.64. The fraction of sp³-hybridized carbons (Fsp3) is 0.450. The summed E-state index contributed by atoms with van der Waals surface area (Å²) in [5.41, 5.74) is 1.04. The normalized spacial score (nSPS) is 14.6. The van der Waals surface area contributed by atoms with Crippen LogP contribution in [0.15, 0.2) is 18.2 Å². The first kappa shape index (κ1) is 20.7. The van der Waals surface area contributed by atoms with E-state index in [-0.39, 0.29) is 22.4 Å². The lowest BCUT2D eigenvalue weighted by molar-refractivity contribution is 0.0537. The number of benzene rings is 1. The molecule has 0 unspecified atom stereocenters. The molecule has 2 amide bonds. The van der Waals surface area contributed by atoms with Crippen LogP contribution in [-0.2, 0) is 6.42 Å². The lowest BCUT2D eigenvalue weighted by atomic mass is 10.1. The molecule has 28 heavy (non-hydrogen) atoms. The molecule has 2 heterocycles. The number of nitrogens with zero attached hydrogens (tertiary/aromatic N) is 3. The van der Waals surface area contributed by atoms with Gasteiger partial charge in [-0.15, -0.1) is 11.3 Å². The molecule has 1 fully saturated rings. The minimum absolute atomic E-state index is 0.0306. The van der Waals surface area contributed by atoms with Gasteiger partial charge in [0, 0.05) is 32.6 Å². The van der Waals surface area contributed by atoms with Gasteiger partial charge in [-0.05, 0) is 31.0 Å². The maximum Gasteiger partial charge on any atom is 0.265 e. The summed E-state index contributed by atoms with van der Waals surface area (Å²) in [6.07, 6.45) is 0.861. The highest BCUT2D eigenvalue weighted by atomic mass is 35.5. The Bertz CT molecular complexity index is 892. The summed E-state index contributed by atoms with van der Waals surface area (Å²) in [7, 11) is 0. The van der Waals surface area contributed by atoms with Crippen LogP contribution >= 0.6 is 22.9 Å². The number of thiazole rings is 1. The molecule has 8 heteroatoms.